The van der Waals surface area contributed by atoms with E-state index in [2.05, 4.69) is 16.7 Å². The minimum atomic E-state index is 0.0295. The second-order valence-electron chi connectivity index (χ2n) is 4.27. The lowest BCUT2D eigenvalue weighted by Crippen LogP contribution is -2.25. The first-order valence-electron chi connectivity index (χ1n) is 5.62. The van der Waals surface area contributed by atoms with Gasteiger partial charge in [0.1, 0.15) is 0 Å². The highest BCUT2D eigenvalue weighted by molar-refractivity contribution is 6.30. The first kappa shape index (κ1) is 11.2. The average Bonchev–Trinajstić information content (AvgIpc) is 2.91. The number of pyridine rings is 1. The Hall–Kier alpha value is -1.88. The lowest BCUT2D eigenvalue weighted by Gasteiger charge is -2.09. The van der Waals surface area contributed by atoms with Gasteiger partial charge in [0.25, 0.3) is 5.95 Å². The molecule has 0 aromatic carbocycles. The Morgan fingerprint density at radius 3 is 3.06 bits per heavy atom. The molecule has 0 saturated carbocycles. The molecule has 5 nitrogen and oxygen atoms in total. The van der Waals surface area contributed by atoms with Crippen LogP contribution < -0.4 is 4.90 Å². The van der Waals surface area contributed by atoms with Crippen molar-refractivity contribution < 1.29 is 4.79 Å². The first-order valence-corrected chi connectivity index (χ1v) is 6.00. The number of carbonyl (C=O) groups is 1. The van der Waals surface area contributed by atoms with Crippen LogP contribution in [0.25, 0.3) is 5.65 Å². The Morgan fingerprint density at radius 2 is 2.33 bits per heavy atom. The molecule has 0 aliphatic carbocycles. The monoisotopic (exact) mass is 262 g/mol. The number of carbonyl (C=O) groups excluding carboxylic acids is 1. The molecule has 0 N–H and O–H groups in total. The van der Waals surface area contributed by atoms with Crippen molar-refractivity contribution in [2.24, 2.45) is 5.92 Å². The van der Waals surface area contributed by atoms with Crippen molar-refractivity contribution in [1.82, 2.24) is 14.6 Å². The quantitative estimate of drug-likeness (QED) is 0.777. The lowest BCUT2D eigenvalue weighted by molar-refractivity contribution is -0.117. The highest BCUT2D eigenvalue weighted by atomic mass is 35.5. The highest BCUT2D eigenvalue weighted by Crippen LogP contribution is 2.23. The fourth-order valence-electron chi connectivity index (χ4n) is 2.05. The zero-order valence-electron chi connectivity index (χ0n) is 9.58. The maximum atomic E-state index is 11.9. The van der Waals surface area contributed by atoms with Gasteiger partial charge in [0, 0.05) is 25.1 Å². The molecule has 1 fully saturated rings. The van der Waals surface area contributed by atoms with Gasteiger partial charge in [-0.1, -0.05) is 17.7 Å². The fraction of sp³-hybridized carbons (Fsp3) is 0.250. The van der Waals surface area contributed by atoms with Crippen LogP contribution >= 0.6 is 11.6 Å². The van der Waals surface area contributed by atoms with Crippen molar-refractivity contribution in [3.05, 3.63) is 36.0 Å². The number of amides is 1. The molecule has 6 heteroatoms. The van der Waals surface area contributed by atoms with E-state index in [1.165, 1.54) is 0 Å². The first-order chi connectivity index (χ1) is 8.67. The van der Waals surface area contributed by atoms with E-state index in [-0.39, 0.29) is 11.8 Å². The SMILES string of the molecule is C=CC1CC(=O)N(c2nc3ccc(Cl)cn3n2)C1. The smallest absolute Gasteiger partial charge is 0.252 e. The van der Waals surface area contributed by atoms with Crippen LogP contribution in [0.3, 0.4) is 0 Å². The van der Waals surface area contributed by atoms with Crippen LogP contribution in [0, 0.1) is 5.92 Å². The second kappa shape index (κ2) is 4.10. The Bertz CT molecular complexity index is 636. The molecule has 92 valence electrons. The maximum absolute atomic E-state index is 11.9. The molecular formula is C12H11ClN4O. The van der Waals surface area contributed by atoms with E-state index in [1.807, 2.05) is 0 Å². The molecule has 0 radical (unpaired) electrons. The predicted octanol–water partition coefficient (Wildman–Crippen LogP) is 1.92. The lowest BCUT2D eigenvalue weighted by atomic mass is 10.1. The van der Waals surface area contributed by atoms with E-state index in [4.69, 9.17) is 11.6 Å². The van der Waals surface area contributed by atoms with E-state index in [0.29, 0.717) is 29.6 Å². The highest BCUT2D eigenvalue weighted by Gasteiger charge is 2.31. The van der Waals surface area contributed by atoms with Gasteiger partial charge in [0.2, 0.25) is 5.91 Å². The summed E-state index contributed by atoms with van der Waals surface area (Å²) in [4.78, 5) is 17.8. The minimum absolute atomic E-state index is 0.0295. The Morgan fingerprint density at radius 1 is 1.50 bits per heavy atom. The molecule has 18 heavy (non-hydrogen) atoms. The van der Waals surface area contributed by atoms with Crippen molar-refractivity contribution in [2.75, 3.05) is 11.4 Å². The molecule has 1 aliphatic heterocycles. The van der Waals surface area contributed by atoms with Crippen molar-refractivity contribution in [3.8, 4) is 0 Å². The van der Waals surface area contributed by atoms with E-state index >= 15 is 0 Å². The zero-order chi connectivity index (χ0) is 12.7. The van der Waals surface area contributed by atoms with Crippen molar-refractivity contribution >= 4 is 29.1 Å². The largest absolute Gasteiger partial charge is 0.279 e. The summed E-state index contributed by atoms with van der Waals surface area (Å²) in [5.74, 6) is 0.626. The van der Waals surface area contributed by atoms with Gasteiger partial charge in [0.05, 0.1) is 5.02 Å². The normalized spacial score (nSPS) is 19.7. The van der Waals surface area contributed by atoms with Crippen LogP contribution in [0.1, 0.15) is 6.42 Å². The van der Waals surface area contributed by atoms with E-state index in [0.717, 1.165) is 0 Å². The van der Waals surface area contributed by atoms with Gasteiger partial charge in [-0.25, -0.2) is 4.52 Å². The molecule has 1 saturated heterocycles. The van der Waals surface area contributed by atoms with E-state index < -0.39 is 0 Å². The number of fused-ring (bicyclic) bond motifs is 1. The number of halogens is 1. The van der Waals surface area contributed by atoms with Crippen molar-refractivity contribution in [3.63, 3.8) is 0 Å². The van der Waals surface area contributed by atoms with Crippen LogP contribution in [0.5, 0.6) is 0 Å². The number of hydrogen-bond donors (Lipinski definition) is 0. The van der Waals surface area contributed by atoms with E-state index in [1.54, 1.807) is 33.8 Å². The van der Waals surface area contributed by atoms with E-state index in [9.17, 15) is 4.79 Å². The van der Waals surface area contributed by atoms with Crippen LogP contribution in [-0.4, -0.2) is 27.0 Å². The topological polar surface area (TPSA) is 50.5 Å². The number of anilines is 1. The fourth-order valence-corrected chi connectivity index (χ4v) is 2.20. The van der Waals surface area contributed by atoms with Gasteiger partial charge in [-0.05, 0) is 12.1 Å². The second-order valence-corrected chi connectivity index (χ2v) is 4.70. The summed E-state index contributed by atoms with van der Waals surface area (Å²) < 4.78 is 1.58. The summed E-state index contributed by atoms with van der Waals surface area (Å²) in [5, 5.41) is 4.85. The summed E-state index contributed by atoms with van der Waals surface area (Å²) in [5.41, 5.74) is 0.671. The molecule has 0 bridgehead atoms. The standard InChI is InChI=1S/C12H11ClN4O/c1-2-8-5-11(18)16(6-8)12-14-10-4-3-9(13)7-17(10)15-12/h2-4,7-8H,1,5-6H2. The molecule has 2 aromatic heterocycles. The molecule has 0 spiro atoms. The van der Waals surface area contributed by atoms with Crippen molar-refractivity contribution in [2.45, 2.75) is 6.42 Å². The van der Waals surface area contributed by atoms with Gasteiger partial charge in [0.15, 0.2) is 5.65 Å². The van der Waals surface area contributed by atoms with Gasteiger partial charge in [-0.3, -0.25) is 9.69 Å². The Labute approximate surface area is 109 Å². The van der Waals surface area contributed by atoms with Gasteiger partial charge in [-0.2, -0.15) is 4.98 Å². The maximum Gasteiger partial charge on any atom is 0.252 e. The zero-order valence-corrected chi connectivity index (χ0v) is 10.3. The summed E-state index contributed by atoms with van der Waals surface area (Å²) in [6, 6.07) is 3.51. The summed E-state index contributed by atoms with van der Waals surface area (Å²) in [7, 11) is 0. The number of nitrogens with zero attached hydrogens (tertiary/aromatic N) is 4. The van der Waals surface area contributed by atoms with Gasteiger partial charge in [-0.15, -0.1) is 11.7 Å². The number of aromatic nitrogens is 3. The third-order valence-electron chi connectivity index (χ3n) is 3.01. The molecule has 3 rings (SSSR count). The summed E-state index contributed by atoms with van der Waals surface area (Å²) in [6.07, 6.45) is 3.93. The Balaban J connectivity index is 1.99. The molecule has 3 heterocycles. The minimum Gasteiger partial charge on any atom is -0.279 e. The van der Waals surface area contributed by atoms with Gasteiger partial charge < -0.3 is 0 Å². The summed E-state index contributed by atoms with van der Waals surface area (Å²) in [6.45, 7) is 4.31. The molecule has 2 aromatic rings. The third kappa shape index (κ3) is 1.76. The average molecular weight is 263 g/mol. The molecule has 1 amide bonds. The van der Waals surface area contributed by atoms with Crippen LogP contribution in [0.4, 0.5) is 5.95 Å². The van der Waals surface area contributed by atoms with Crippen LogP contribution in [0.2, 0.25) is 5.02 Å². The summed E-state index contributed by atoms with van der Waals surface area (Å²) >= 11 is 5.88. The molecule has 1 aliphatic rings. The number of rotatable bonds is 2. The predicted molar refractivity (Wildman–Crippen MR) is 68.7 cm³/mol. The van der Waals surface area contributed by atoms with Crippen LogP contribution in [0.15, 0.2) is 31.0 Å². The third-order valence-corrected chi connectivity index (χ3v) is 3.24. The molecule has 1 atom stereocenters. The van der Waals surface area contributed by atoms with Crippen molar-refractivity contribution in [1.29, 1.82) is 0 Å². The molecule has 1 unspecified atom stereocenters. The van der Waals surface area contributed by atoms with Crippen LogP contribution in [-0.2, 0) is 4.79 Å². The molecular weight excluding hydrogens is 252 g/mol. The Kier molecular flexibility index (Phi) is 2.56. The number of hydrogen-bond acceptors (Lipinski definition) is 3. The van der Waals surface area contributed by atoms with Gasteiger partial charge >= 0.3 is 0 Å².